The van der Waals surface area contributed by atoms with Crippen LogP contribution in [-0.4, -0.2) is 21.4 Å². The Morgan fingerprint density at radius 1 is 1.24 bits per heavy atom. The van der Waals surface area contributed by atoms with E-state index in [1.165, 1.54) is 0 Å². The van der Waals surface area contributed by atoms with E-state index in [2.05, 4.69) is 36.5 Å². The van der Waals surface area contributed by atoms with Gasteiger partial charge in [0.2, 0.25) is 0 Å². The van der Waals surface area contributed by atoms with Gasteiger partial charge in [-0.1, -0.05) is 0 Å². The van der Waals surface area contributed by atoms with Crippen molar-refractivity contribution in [1.29, 1.82) is 0 Å². The number of rotatable bonds is 3. The second kappa shape index (κ2) is 5.28. The Kier molecular flexibility index (Phi) is 3.46. The molecule has 21 heavy (non-hydrogen) atoms. The van der Waals surface area contributed by atoms with Crippen molar-refractivity contribution in [2.45, 2.75) is 0 Å². The first-order valence-corrected chi connectivity index (χ1v) is 6.81. The standard InChI is InChI=1S/C13H10BrF2N5/c1-17-11-6-21-3-2-18-13(21)12(20-11)19-10-5-8(15)7(14)4-9(10)16/h2-6,17H,1H3,(H,19,20). The van der Waals surface area contributed by atoms with Gasteiger partial charge in [0.05, 0.1) is 16.4 Å². The van der Waals surface area contributed by atoms with Gasteiger partial charge in [0.15, 0.2) is 11.5 Å². The first kappa shape index (κ1) is 13.7. The lowest BCUT2D eigenvalue weighted by Gasteiger charge is -2.10. The Morgan fingerprint density at radius 3 is 2.81 bits per heavy atom. The van der Waals surface area contributed by atoms with E-state index in [4.69, 9.17) is 0 Å². The van der Waals surface area contributed by atoms with E-state index in [0.29, 0.717) is 17.3 Å². The Morgan fingerprint density at radius 2 is 2.05 bits per heavy atom. The highest BCUT2D eigenvalue weighted by molar-refractivity contribution is 9.10. The van der Waals surface area contributed by atoms with Gasteiger partial charge in [0, 0.05) is 25.5 Å². The van der Waals surface area contributed by atoms with Crippen LogP contribution in [0, 0.1) is 11.6 Å². The van der Waals surface area contributed by atoms with E-state index in [9.17, 15) is 8.78 Å². The Labute approximate surface area is 127 Å². The molecule has 2 N–H and O–H groups in total. The van der Waals surface area contributed by atoms with Crippen LogP contribution in [0.2, 0.25) is 0 Å². The van der Waals surface area contributed by atoms with Crippen LogP contribution in [0.3, 0.4) is 0 Å². The highest BCUT2D eigenvalue weighted by Gasteiger charge is 2.12. The van der Waals surface area contributed by atoms with E-state index >= 15 is 0 Å². The monoisotopic (exact) mass is 353 g/mol. The summed E-state index contributed by atoms with van der Waals surface area (Å²) < 4.78 is 29.2. The van der Waals surface area contributed by atoms with Gasteiger partial charge in [-0.3, -0.25) is 0 Å². The SMILES string of the molecule is CNc1cn2ccnc2c(Nc2cc(F)c(Br)cc2F)n1. The zero-order valence-electron chi connectivity index (χ0n) is 10.9. The molecule has 2 heterocycles. The summed E-state index contributed by atoms with van der Waals surface area (Å²) in [6.07, 6.45) is 5.08. The lowest BCUT2D eigenvalue weighted by Crippen LogP contribution is -2.03. The zero-order valence-corrected chi connectivity index (χ0v) is 12.4. The Hall–Kier alpha value is -2.22. The molecule has 2 aromatic heterocycles. The molecule has 0 spiro atoms. The first-order valence-electron chi connectivity index (χ1n) is 6.01. The van der Waals surface area contributed by atoms with Gasteiger partial charge in [-0.25, -0.2) is 18.7 Å². The maximum atomic E-state index is 13.9. The third-order valence-corrected chi connectivity index (χ3v) is 3.50. The van der Waals surface area contributed by atoms with Gasteiger partial charge in [-0.2, -0.15) is 0 Å². The fourth-order valence-electron chi connectivity index (χ4n) is 1.88. The second-order valence-corrected chi connectivity index (χ2v) is 5.11. The number of hydrogen-bond acceptors (Lipinski definition) is 4. The van der Waals surface area contributed by atoms with Crippen LogP contribution in [0.15, 0.2) is 35.2 Å². The highest BCUT2D eigenvalue weighted by Crippen LogP contribution is 2.27. The summed E-state index contributed by atoms with van der Waals surface area (Å²) in [6, 6.07) is 2.12. The Bertz CT molecular complexity index is 818. The maximum Gasteiger partial charge on any atom is 0.180 e. The minimum atomic E-state index is -0.593. The van der Waals surface area contributed by atoms with E-state index in [1.54, 1.807) is 30.0 Å². The number of aromatic nitrogens is 3. The fraction of sp³-hybridized carbons (Fsp3) is 0.0769. The molecule has 0 aliphatic heterocycles. The minimum absolute atomic E-state index is 0.0126. The molecule has 0 aliphatic carbocycles. The molecule has 3 rings (SSSR count). The number of imidazole rings is 1. The van der Waals surface area contributed by atoms with Crippen LogP contribution < -0.4 is 10.6 Å². The fourth-order valence-corrected chi connectivity index (χ4v) is 2.20. The predicted molar refractivity (Wildman–Crippen MR) is 79.9 cm³/mol. The zero-order chi connectivity index (χ0) is 15.0. The number of halogens is 3. The average Bonchev–Trinajstić information content (AvgIpc) is 2.93. The summed E-state index contributed by atoms with van der Waals surface area (Å²) >= 11 is 2.94. The third kappa shape index (κ3) is 2.54. The molecule has 0 radical (unpaired) electrons. The van der Waals surface area contributed by atoms with Gasteiger partial charge in [-0.15, -0.1) is 0 Å². The van der Waals surface area contributed by atoms with Crippen LogP contribution >= 0.6 is 15.9 Å². The molecule has 1 aromatic carbocycles. The molecule has 0 saturated heterocycles. The minimum Gasteiger partial charge on any atom is -0.372 e. The molecular formula is C13H10BrF2N5. The van der Waals surface area contributed by atoms with Crippen LogP contribution in [0.1, 0.15) is 0 Å². The van der Waals surface area contributed by atoms with Crippen molar-refractivity contribution in [3.05, 3.63) is 46.8 Å². The van der Waals surface area contributed by atoms with Gasteiger partial charge in [0.1, 0.15) is 17.5 Å². The average molecular weight is 354 g/mol. The van der Waals surface area contributed by atoms with Gasteiger partial charge < -0.3 is 15.0 Å². The van der Waals surface area contributed by atoms with Crippen molar-refractivity contribution in [2.24, 2.45) is 0 Å². The highest BCUT2D eigenvalue weighted by atomic mass is 79.9. The van der Waals surface area contributed by atoms with E-state index in [1.807, 2.05) is 0 Å². The summed E-state index contributed by atoms with van der Waals surface area (Å²) in [5.74, 6) is -0.263. The van der Waals surface area contributed by atoms with Crippen LogP contribution in [0.25, 0.3) is 5.65 Å². The number of hydrogen-bond donors (Lipinski definition) is 2. The number of benzene rings is 1. The molecular weight excluding hydrogens is 344 g/mol. The van der Waals surface area contributed by atoms with E-state index in [0.717, 1.165) is 12.1 Å². The molecule has 0 amide bonds. The lowest BCUT2D eigenvalue weighted by atomic mass is 10.3. The largest absolute Gasteiger partial charge is 0.372 e. The summed E-state index contributed by atoms with van der Waals surface area (Å²) in [7, 11) is 1.72. The van der Waals surface area contributed by atoms with Crippen LogP contribution in [0.5, 0.6) is 0 Å². The molecule has 3 aromatic rings. The number of nitrogens with one attached hydrogen (secondary N) is 2. The molecule has 0 fully saturated rings. The first-order chi connectivity index (χ1) is 10.1. The number of anilines is 3. The topological polar surface area (TPSA) is 54.2 Å². The van der Waals surface area contributed by atoms with Gasteiger partial charge in [-0.05, 0) is 22.0 Å². The van der Waals surface area contributed by atoms with Crippen molar-refractivity contribution in [2.75, 3.05) is 17.7 Å². The molecule has 8 heteroatoms. The van der Waals surface area contributed by atoms with E-state index in [-0.39, 0.29) is 10.2 Å². The maximum absolute atomic E-state index is 13.9. The van der Waals surface area contributed by atoms with E-state index < -0.39 is 11.6 Å². The molecule has 5 nitrogen and oxygen atoms in total. The normalized spacial score (nSPS) is 10.9. The smallest absolute Gasteiger partial charge is 0.180 e. The number of nitrogens with zero attached hydrogens (tertiary/aromatic N) is 3. The molecule has 0 bridgehead atoms. The Balaban J connectivity index is 2.09. The molecule has 0 atom stereocenters. The van der Waals surface area contributed by atoms with Gasteiger partial charge in [0.25, 0.3) is 0 Å². The van der Waals surface area contributed by atoms with Gasteiger partial charge >= 0.3 is 0 Å². The van der Waals surface area contributed by atoms with Crippen LogP contribution in [-0.2, 0) is 0 Å². The van der Waals surface area contributed by atoms with Crippen molar-refractivity contribution in [3.8, 4) is 0 Å². The quantitative estimate of drug-likeness (QED) is 0.707. The van der Waals surface area contributed by atoms with Crippen molar-refractivity contribution >= 4 is 38.9 Å². The van der Waals surface area contributed by atoms with Crippen molar-refractivity contribution < 1.29 is 8.78 Å². The van der Waals surface area contributed by atoms with Crippen molar-refractivity contribution in [1.82, 2.24) is 14.4 Å². The van der Waals surface area contributed by atoms with Crippen LogP contribution in [0.4, 0.5) is 26.1 Å². The predicted octanol–water partition coefficient (Wildman–Crippen LogP) is 3.56. The van der Waals surface area contributed by atoms with Crippen molar-refractivity contribution in [3.63, 3.8) is 0 Å². The summed E-state index contributed by atoms with van der Waals surface area (Å²) in [5, 5.41) is 5.67. The molecule has 0 saturated carbocycles. The summed E-state index contributed by atoms with van der Waals surface area (Å²) in [4.78, 5) is 8.42. The number of fused-ring (bicyclic) bond motifs is 1. The summed E-state index contributed by atoms with van der Waals surface area (Å²) in [6.45, 7) is 0. The second-order valence-electron chi connectivity index (χ2n) is 4.25. The third-order valence-electron chi connectivity index (χ3n) is 2.89. The molecule has 0 aliphatic rings. The summed E-state index contributed by atoms with van der Waals surface area (Å²) in [5.41, 5.74) is 0.498. The molecule has 0 unspecified atom stereocenters. The molecule has 108 valence electrons. The lowest BCUT2D eigenvalue weighted by molar-refractivity contribution is 0.598.